The maximum absolute atomic E-state index is 12.0. The first-order valence-electron chi connectivity index (χ1n) is 5.63. The largest absolute Gasteiger partial charge is 0.298 e. The van der Waals surface area contributed by atoms with Crippen molar-refractivity contribution in [2.75, 3.05) is 0 Å². The third-order valence-corrected chi connectivity index (χ3v) is 4.25. The van der Waals surface area contributed by atoms with Crippen molar-refractivity contribution in [3.05, 3.63) is 0 Å². The summed E-state index contributed by atoms with van der Waals surface area (Å²) in [5, 5.41) is 0. The summed E-state index contributed by atoms with van der Waals surface area (Å²) >= 11 is 4.63. The quantitative estimate of drug-likeness (QED) is 0.670. The Labute approximate surface area is 94.1 Å². The van der Waals surface area contributed by atoms with Gasteiger partial charge in [-0.15, -0.1) is 0 Å². The molecule has 0 heterocycles. The molecule has 0 aromatic heterocycles. The van der Waals surface area contributed by atoms with Crippen LogP contribution < -0.4 is 0 Å². The summed E-state index contributed by atoms with van der Waals surface area (Å²) in [6.45, 7) is 10.4. The maximum Gasteiger partial charge on any atom is 0.149 e. The molecule has 0 bridgehead atoms. The lowest BCUT2D eigenvalue weighted by atomic mass is 9.79. The third kappa shape index (κ3) is 3.01. The molecule has 0 aromatic rings. The van der Waals surface area contributed by atoms with Gasteiger partial charge in [-0.1, -0.05) is 41.0 Å². The van der Waals surface area contributed by atoms with Crippen LogP contribution in [0.1, 0.15) is 53.9 Å². The van der Waals surface area contributed by atoms with Gasteiger partial charge in [0.05, 0.1) is 4.75 Å². The van der Waals surface area contributed by atoms with E-state index in [1.807, 2.05) is 0 Å². The van der Waals surface area contributed by atoms with Gasteiger partial charge in [0.25, 0.3) is 0 Å². The van der Waals surface area contributed by atoms with Gasteiger partial charge in [0.2, 0.25) is 0 Å². The summed E-state index contributed by atoms with van der Waals surface area (Å²) in [6.07, 6.45) is 2.74. The van der Waals surface area contributed by atoms with Crippen molar-refractivity contribution in [1.82, 2.24) is 0 Å². The topological polar surface area (TPSA) is 17.1 Å². The molecule has 0 saturated heterocycles. The smallest absolute Gasteiger partial charge is 0.149 e. The fraction of sp³-hybridized carbons (Fsp3) is 0.917. The highest BCUT2D eigenvalue weighted by Gasteiger charge is 2.39. The van der Waals surface area contributed by atoms with Crippen LogP contribution in [0.4, 0.5) is 0 Å². The van der Waals surface area contributed by atoms with Crippen LogP contribution in [-0.2, 0) is 4.79 Å². The van der Waals surface area contributed by atoms with Crippen molar-refractivity contribution >= 4 is 18.4 Å². The molecule has 0 rings (SSSR count). The number of rotatable bonds is 6. The molecule has 0 aliphatic carbocycles. The molecular formula is C12H24OS. The molecule has 0 radical (unpaired) electrons. The summed E-state index contributed by atoms with van der Waals surface area (Å²) in [6, 6.07) is 0. The molecule has 0 aliphatic heterocycles. The van der Waals surface area contributed by atoms with Gasteiger partial charge in [-0.05, 0) is 18.3 Å². The number of hydrogen-bond donors (Lipinski definition) is 1. The van der Waals surface area contributed by atoms with Crippen LogP contribution in [0, 0.1) is 11.8 Å². The number of ketones is 1. The minimum atomic E-state index is -0.435. The van der Waals surface area contributed by atoms with Crippen LogP contribution >= 0.6 is 12.6 Å². The zero-order chi connectivity index (χ0) is 11.4. The molecular weight excluding hydrogens is 192 g/mol. The summed E-state index contributed by atoms with van der Waals surface area (Å²) in [7, 11) is 0. The average Bonchev–Trinajstić information content (AvgIpc) is 2.11. The lowest BCUT2D eigenvalue weighted by molar-refractivity contribution is -0.123. The first-order chi connectivity index (χ1) is 6.37. The number of carbonyl (C=O) groups is 1. The number of hydrogen-bond acceptors (Lipinski definition) is 2. The Hall–Kier alpha value is 0.0200. The van der Waals surface area contributed by atoms with Crippen molar-refractivity contribution < 1.29 is 4.79 Å². The van der Waals surface area contributed by atoms with E-state index >= 15 is 0 Å². The third-order valence-electron chi connectivity index (χ3n) is 2.96. The molecule has 0 fully saturated rings. The van der Waals surface area contributed by atoms with Crippen LogP contribution in [-0.4, -0.2) is 10.5 Å². The Morgan fingerprint density at radius 1 is 1.21 bits per heavy atom. The maximum atomic E-state index is 12.0. The van der Waals surface area contributed by atoms with Crippen molar-refractivity contribution in [2.45, 2.75) is 58.6 Å². The van der Waals surface area contributed by atoms with E-state index in [0.717, 1.165) is 12.8 Å². The molecule has 0 spiro atoms. The predicted molar refractivity (Wildman–Crippen MR) is 65.9 cm³/mol. The van der Waals surface area contributed by atoms with Gasteiger partial charge >= 0.3 is 0 Å². The highest BCUT2D eigenvalue weighted by Crippen LogP contribution is 2.35. The summed E-state index contributed by atoms with van der Waals surface area (Å²) in [5.41, 5.74) is 0. The molecule has 14 heavy (non-hydrogen) atoms. The zero-order valence-corrected chi connectivity index (χ0v) is 11.0. The first-order valence-corrected chi connectivity index (χ1v) is 6.07. The minimum absolute atomic E-state index is 0.301. The Bertz CT molecular complexity index is 177. The standard InChI is InChI=1S/C12H24OS/c1-6-7-8-11(13)12(14,9(2)3)10(4)5/h9-10,14H,6-8H2,1-5H3. The lowest BCUT2D eigenvalue weighted by Crippen LogP contribution is -2.43. The van der Waals surface area contributed by atoms with E-state index in [1.165, 1.54) is 0 Å². The molecule has 0 unspecified atom stereocenters. The van der Waals surface area contributed by atoms with Gasteiger partial charge in [0.15, 0.2) is 0 Å². The normalized spacial score (nSPS) is 12.6. The molecule has 0 aliphatic rings. The second-order valence-electron chi connectivity index (χ2n) is 4.66. The molecule has 2 heteroatoms. The molecule has 1 nitrogen and oxygen atoms in total. The van der Waals surface area contributed by atoms with Gasteiger partial charge in [0, 0.05) is 6.42 Å². The van der Waals surface area contributed by atoms with Gasteiger partial charge in [-0.25, -0.2) is 0 Å². The highest BCUT2D eigenvalue weighted by atomic mass is 32.1. The van der Waals surface area contributed by atoms with E-state index in [4.69, 9.17) is 0 Å². The monoisotopic (exact) mass is 216 g/mol. The van der Waals surface area contributed by atoms with Crippen LogP contribution in [0.25, 0.3) is 0 Å². The fourth-order valence-corrected chi connectivity index (χ4v) is 1.96. The molecule has 0 aromatic carbocycles. The summed E-state index contributed by atoms with van der Waals surface area (Å²) < 4.78 is -0.435. The van der Waals surface area contributed by atoms with Crippen molar-refractivity contribution in [3.63, 3.8) is 0 Å². The van der Waals surface area contributed by atoms with E-state index in [0.29, 0.717) is 24.0 Å². The SMILES string of the molecule is CCCCC(=O)C(S)(C(C)C)C(C)C. The van der Waals surface area contributed by atoms with Gasteiger partial charge < -0.3 is 0 Å². The number of Topliss-reactive ketones (excluding diaryl/α,β-unsaturated/α-hetero) is 1. The second kappa shape index (κ2) is 5.79. The number of unbranched alkanes of at least 4 members (excludes halogenated alkanes) is 1. The molecule has 0 amide bonds. The Kier molecular flexibility index (Phi) is 5.80. The average molecular weight is 216 g/mol. The van der Waals surface area contributed by atoms with Crippen LogP contribution in [0.3, 0.4) is 0 Å². The van der Waals surface area contributed by atoms with Gasteiger partial charge in [0.1, 0.15) is 5.78 Å². The van der Waals surface area contributed by atoms with E-state index < -0.39 is 4.75 Å². The molecule has 84 valence electrons. The van der Waals surface area contributed by atoms with E-state index in [2.05, 4.69) is 47.2 Å². The van der Waals surface area contributed by atoms with Crippen LogP contribution in [0.5, 0.6) is 0 Å². The molecule has 0 N–H and O–H groups in total. The number of thiol groups is 1. The lowest BCUT2D eigenvalue weighted by Gasteiger charge is -2.35. The van der Waals surface area contributed by atoms with Crippen LogP contribution in [0.2, 0.25) is 0 Å². The minimum Gasteiger partial charge on any atom is -0.298 e. The molecule has 0 saturated carbocycles. The number of carbonyl (C=O) groups excluding carboxylic acids is 1. The van der Waals surface area contributed by atoms with Gasteiger partial charge in [-0.2, -0.15) is 12.6 Å². The van der Waals surface area contributed by atoms with E-state index in [9.17, 15) is 4.79 Å². The van der Waals surface area contributed by atoms with Crippen molar-refractivity contribution in [2.24, 2.45) is 11.8 Å². The van der Waals surface area contributed by atoms with Crippen LogP contribution in [0.15, 0.2) is 0 Å². The van der Waals surface area contributed by atoms with Crippen molar-refractivity contribution in [3.8, 4) is 0 Å². The summed E-state index contributed by atoms with van der Waals surface area (Å²) in [5.74, 6) is 0.915. The fourth-order valence-electron chi connectivity index (χ4n) is 1.85. The Balaban J connectivity index is 4.57. The second-order valence-corrected chi connectivity index (χ2v) is 5.40. The van der Waals surface area contributed by atoms with E-state index in [1.54, 1.807) is 0 Å². The molecule has 0 atom stereocenters. The van der Waals surface area contributed by atoms with Crippen molar-refractivity contribution in [1.29, 1.82) is 0 Å². The van der Waals surface area contributed by atoms with Gasteiger partial charge in [-0.3, -0.25) is 4.79 Å². The Morgan fingerprint density at radius 2 is 1.64 bits per heavy atom. The Morgan fingerprint density at radius 3 is 1.93 bits per heavy atom. The zero-order valence-electron chi connectivity index (χ0n) is 10.1. The first kappa shape index (κ1) is 14.0. The highest BCUT2D eigenvalue weighted by molar-refractivity contribution is 7.82. The van der Waals surface area contributed by atoms with E-state index in [-0.39, 0.29) is 0 Å². The summed E-state index contributed by atoms with van der Waals surface area (Å²) in [4.78, 5) is 12.0. The predicted octanol–water partition coefficient (Wildman–Crippen LogP) is 3.73.